The van der Waals surface area contributed by atoms with Crippen LogP contribution in [0.25, 0.3) is 22.3 Å². The predicted octanol–water partition coefficient (Wildman–Crippen LogP) is 5.77. The molecule has 0 saturated carbocycles. The van der Waals surface area contributed by atoms with Crippen molar-refractivity contribution in [2.24, 2.45) is 0 Å². The van der Waals surface area contributed by atoms with Gasteiger partial charge in [-0.25, -0.2) is 0 Å². The fourth-order valence-corrected chi connectivity index (χ4v) is 3.79. The van der Waals surface area contributed by atoms with E-state index in [2.05, 4.69) is 72.8 Å². The minimum Gasteiger partial charge on any atom is -0.152 e. The molecule has 4 aliphatic heterocycles. The first-order chi connectivity index (χ1) is 10.4. The second-order valence-corrected chi connectivity index (χ2v) is 6.42. The maximum absolute atomic E-state index is 2.26. The summed E-state index contributed by atoms with van der Waals surface area (Å²) in [6.07, 6.45) is 0. The lowest BCUT2D eigenvalue weighted by Crippen LogP contribution is -1.85. The van der Waals surface area contributed by atoms with Crippen molar-refractivity contribution in [2.75, 3.05) is 0 Å². The molecule has 0 aromatic heterocycles. The van der Waals surface area contributed by atoms with Crippen LogP contribution in [0.1, 0.15) is 11.1 Å². The minimum absolute atomic E-state index is 1.07. The smallest absolute Gasteiger partial charge is 0.0187 e. The molecule has 0 radical (unpaired) electrons. The molecule has 0 fully saturated rings. The van der Waals surface area contributed by atoms with E-state index in [9.17, 15) is 0 Å². The van der Waals surface area contributed by atoms with Gasteiger partial charge in [0.05, 0.1) is 0 Å². The van der Waals surface area contributed by atoms with Crippen LogP contribution >= 0.6 is 11.8 Å². The molecule has 4 aliphatic rings. The Labute approximate surface area is 129 Å². The van der Waals surface area contributed by atoms with Crippen molar-refractivity contribution in [3.05, 3.63) is 83.9 Å². The Morgan fingerprint density at radius 3 is 1.38 bits per heavy atom. The summed E-state index contributed by atoms with van der Waals surface area (Å²) in [4.78, 5) is 0. The Balaban J connectivity index is 1.95. The van der Waals surface area contributed by atoms with Crippen molar-refractivity contribution in [3.8, 4) is 22.3 Å². The molecule has 4 bridgehead atoms. The van der Waals surface area contributed by atoms with Crippen LogP contribution in [0.2, 0.25) is 0 Å². The van der Waals surface area contributed by atoms with Gasteiger partial charge in [-0.2, -0.15) is 11.8 Å². The maximum Gasteiger partial charge on any atom is 0.0187 e. The van der Waals surface area contributed by atoms with Gasteiger partial charge in [-0.1, -0.05) is 72.8 Å². The molecule has 0 nitrogen and oxygen atoms in total. The molecule has 0 atom stereocenters. The summed E-state index contributed by atoms with van der Waals surface area (Å²) >= 11 is 1.98. The lowest BCUT2D eigenvalue weighted by Gasteiger charge is -2.10. The van der Waals surface area contributed by atoms with Gasteiger partial charge >= 0.3 is 0 Å². The van der Waals surface area contributed by atoms with E-state index in [0.717, 1.165) is 11.5 Å². The van der Waals surface area contributed by atoms with Gasteiger partial charge in [-0.05, 0) is 33.4 Å². The van der Waals surface area contributed by atoms with Crippen LogP contribution in [0.5, 0.6) is 0 Å². The van der Waals surface area contributed by atoms with Crippen LogP contribution in [0.15, 0.2) is 72.8 Å². The Hall–Kier alpha value is -1.99. The zero-order valence-corrected chi connectivity index (χ0v) is 12.6. The molecule has 4 heterocycles. The Kier molecular flexibility index (Phi) is 3.28. The molecule has 0 saturated heterocycles. The van der Waals surface area contributed by atoms with Crippen LogP contribution in [-0.4, -0.2) is 0 Å². The zero-order valence-electron chi connectivity index (χ0n) is 11.8. The molecule has 0 unspecified atom stereocenters. The summed E-state index contributed by atoms with van der Waals surface area (Å²) in [6.45, 7) is 0. The van der Waals surface area contributed by atoms with Crippen molar-refractivity contribution in [1.82, 2.24) is 0 Å². The molecule has 0 aliphatic carbocycles. The van der Waals surface area contributed by atoms with Crippen molar-refractivity contribution in [3.63, 3.8) is 0 Å². The number of thioether (sulfide) groups is 1. The highest BCUT2D eigenvalue weighted by Gasteiger charge is 2.08. The van der Waals surface area contributed by atoms with Crippen molar-refractivity contribution < 1.29 is 0 Å². The van der Waals surface area contributed by atoms with Gasteiger partial charge in [0.1, 0.15) is 0 Å². The molecule has 21 heavy (non-hydrogen) atoms. The van der Waals surface area contributed by atoms with Gasteiger partial charge in [0, 0.05) is 11.5 Å². The van der Waals surface area contributed by atoms with E-state index in [0.29, 0.717) is 0 Å². The largest absolute Gasteiger partial charge is 0.152 e. The fraction of sp³-hybridized carbons (Fsp3) is 0.100. The van der Waals surface area contributed by atoms with E-state index < -0.39 is 0 Å². The summed E-state index contributed by atoms with van der Waals surface area (Å²) in [7, 11) is 0. The van der Waals surface area contributed by atoms with Gasteiger partial charge in [0.15, 0.2) is 0 Å². The standard InChI is InChI=1S/C20H16S/c1-2-4-20-18-11-7-16(8-12-18)14-21-13-15-5-9-17(10-6-15)19(20)3-1/h1-12H,13-14H2. The average Bonchev–Trinajstić information content (AvgIpc) is 2.59. The Bertz CT molecular complexity index is 688. The highest BCUT2D eigenvalue weighted by Crippen LogP contribution is 2.33. The third-order valence-corrected chi connectivity index (χ3v) is 5.07. The van der Waals surface area contributed by atoms with Gasteiger partial charge < -0.3 is 0 Å². The maximum atomic E-state index is 2.26. The molecule has 7 rings (SSSR count). The van der Waals surface area contributed by atoms with E-state index in [1.807, 2.05) is 11.8 Å². The summed E-state index contributed by atoms with van der Waals surface area (Å²) in [6, 6.07) is 26.7. The summed E-state index contributed by atoms with van der Waals surface area (Å²) < 4.78 is 0. The second-order valence-electron chi connectivity index (χ2n) is 5.43. The monoisotopic (exact) mass is 288 g/mol. The van der Waals surface area contributed by atoms with E-state index in [4.69, 9.17) is 0 Å². The van der Waals surface area contributed by atoms with Crippen LogP contribution < -0.4 is 0 Å². The first kappa shape index (κ1) is 12.7. The van der Waals surface area contributed by atoms with Crippen molar-refractivity contribution in [1.29, 1.82) is 0 Å². The highest BCUT2D eigenvalue weighted by molar-refractivity contribution is 7.97. The fourth-order valence-electron chi connectivity index (χ4n) is 2.83. The molecule has 0 N–H and O–H groups in total. The molecule has 0 amide bonds. The van der Waals surface area contributed by atoms with Crippen LogP contribution in [-0.2, 0) is 11.5 Å². The molecule has 102 valence electrons. The van der Waals surface area contributed by atoms with E-state index >= 15 is 0 Å². The normalized spacial score (nSPS) is 13.1. The number of benzene rings is 3. The molecular formula is C20H16S. The second kappa shape index (κ2) is 5.42. The molecule has 1 heteroatoms. The van der Waals surface area contributed by atoms with Gasteiger partial charge in [-0.15, -0.1) is 0 Å². The average molecular weight is 288 g/mol. The SMILES string of the molecule is c1ccc2c(c1)-c1ccc(cc1)CSCc1ccc-2cc1. The van der Waals surface area contributed by atoms with Gasteiger partial charge in [0.25, 0.3) is 0 Å². The minimum atomic E-state index is 1.07. The summed E-state index contributed by atoms with van der Waals surface area (Å²) in [5.41, 5.74) is 8.00. The molecule has 3 aromatic rings. The van der Waals surface area contributed by atoms with Crippen molar-refractivity contribution in [2.45, 2.75) is 11.5 Å². The predicted molar refractivity (Wildman–Crippen MR) is 92.3 cm³/mol. The highest BCUT2D eigenvalue weighted by atomic mass is 32.2. The summed E-state index contributed by atoms with van der Waals surface area (Å²) in [5.74, 6) is 2.15. The molecule has 0 spiro atoms. The van der Waals surface area contributed by atoms with Crippen LogP contribution in [0, 0.1) is 0 Å². The number of rotatable bonds is 0. The third kappa shape index (κ3) is 2.50. The quantitative estimate of drug-likeness (QED) is 0.506. The van der Waals surface area contributed by atoms with Crippen LogP contribution in [0.3, 0.4) is 0 Å². The lowest BCUT2D eigenvalue weighted by molar-refractivity contribution is 1.37. The topological polar surface area (TPSA) is 0 Å². The van der Waals surface area contributed by atoms with Crippen molar-refractivity contribution >= 4 is 11.8 Å². The number of hydrogen-bond donors (Lipinski definition) is 0. The van der Waals surface area contributed by atoms with Gasteiger partial charge in [0.2, 0.25) is 0 Å². The van der Waals surface area contributed by atoms with E-state index in [1.54, 1.807) is 0 Å². The lowest BCUT2D eigenvalue weighted by atomic mass is 9.94. The van der Waals surface area contributed by atoms with E-state index in [1.165, 1.54) is 33.4 Å². The third-order valence-electron chi connectivity index (χ3n) is 3.99. The first-order valence-electron chi connectivity index (χ1n) is 7.25. The zero-order chi connectivity index (χ0) is 14.1. The van der Waals surface area contributed by atoms with Gasteiger partial charge in [-0.3, -0.25) is 0 Å². The summed E-state index contributed by atoms with van der Waals surface area (Å²) in [5, 5.41) is 0. The molecule has 3 aromatic carbocycles. The Morgan fingerprint density at radius 1 is 0.524 bits per heavy atom. The first-order valence-corrected chi connectivity index (χ1v) is 8.41. The van der Waals surface area contributed by atoms with Crippen LogP contribution in [0.4, 0.5) is 0 Å². The van der Waals surface area contributed by atoms with E-state index in [-0.39, 0.29) is 0 Å². The Morgan fingerprint density at radius 2 is 0.952 bits per heavy atom. The molecular weight excluding hydrogens is 272 g/mol. The number of hydrogen-bond acceptors (Lipinski definition) is 1.